The Hall–Kier alpha value is -5.55. The number of aromatic amines is 2. The molecule has 5 aromatic carbocycles. The number of benzene rings is 5. The van der Waals surface area contributed by atoms with Crippen LogP contribution in [0.2, 0.25) is 0 Å². The lowest BCUT2D eigenvalue weighted by Gasteiger charge is -2.34. The van der Waals surface area contributed by atoms with E-state index in [2.05, 4.69) is 119 Å². The molecule has 0 aliphatic carbocycles. The van der Waals surface area contributed by atoms with Crippen molar-refractivity contribution in [2.45, 2.75) is 5.41 Å². The summed E-state index contributed by atoms with van der Waals surface area (Å²) in [6, 6.07) is 45.8. The molecule has 0 fully saturated rings. The van der Waals surface area contributed by atoms with Crippen LogP contribution in [0.15, 0.2) is 140 Å². The second-order valence-corrected chi connectivity index (χ2v) is 10.5. The van der Waals surface area contributed by atoms with E-state index in [1.807, 2.05) is 30.3 Å². The van der Waals surface area contributed by atoms with Gasteiger partial charge in [0.1, 0.15) is 22.7 Å². The number of nitrogens with one attached hydrogen (secondary N) is 2. The van der Waals surface area contributed by atoms with E-state index < -0.39 is 5.41 Å². The maximum absolute atomic E-state index is 5.57. The molecule has 0 amide bonds. The lowest BCUT2D eigenvalue weighted by Crippen LogP contribution is -2.32. The van der Waals surface area contributed by atoms with Crippen LogP contribution in [0, 0.1) is 0 Å². The first-order valence-electron chi connectivity index (χ1n) is 14.3. The average Bonchev–Trinajstić information content (AvgIpc) is 3.73. The number of nitrogens with zero attached hydrogens (tertiary/aromatic N) is 1. The minimum atomic E-state index is -0.790. The van der Waals surface area contributed by atoms with Gasteiger partial charge in [-0.2, -0.15) is 0 Å². The average molecular weight is 562 g/mol. The van der Waals surface area contributed by atoms with Gasteiger partial charge in [-0.15, -0.1) is 0 Å². The predicted molar refractivity (Wildman–Crippen MR) is 173 cm³/mol. The zero-order chi connectivity index (χ0) is 29.2. The van der Waals surface area contributed by atoms with Crippen LogP contribution in [0.5, 0.6) is 11.5 Å². The van der Waals surface area contributed by atoms with Gasteiger partial charge in [0.25, 0.3) is 0 Å². The van der Waals surface area contributed by atoms with Crippen LogP contribution in [-0.2, 0) is 5.41 Å². The van der Waals surface area contributed by atoms with Gasteiger partial charge in [0.2, 0.25) is 0 Å². The van der Waals surface area contributed by atoms with Crippen molar-refractivity contribution in [1.29, 1.82) is 0 Å². The lowest BCUT2D eigenvalue weighted by atomic mass is 9.68. The van der Waals surface area contributed by atoms with Crippen LogP contribution in [0.4, 0.5) is 0 Å². The summed E-state index contributed by atoms with van der Waals surface area (Å²) in [5.74, 6) is 2.42. The number of fused-ring (bicyclic) bond motifs is 1. The number of methoxy groups -OCH3 is 2. The van der Waals surface area contributed by atoms with E-state index in [1.54, 1.807) is 14.2 Å². The molecule has 7 rings (SSSR count). The van der Waals surface area contributed by atoms with Gasteiger partial charge in [0, 0.05) is 28.2 Å². The standard InChI is InChI=1S/C38H31N3O2/c1-42-30-21-17-27(18-22-30)36-35(26-11-5-3-6-12-26)40-37(41-36)38(28-13-7-4-8-14-28,29-19-23-31(43-2)24-20-29)33-25-39-34-16-10-9-15-32(33)34/h3-25,39H,1-2H3,(H,40,41). The fraction of sp³-hybridized carbons (Fsp3) is 0.0789. The molecule has 0 radical (unpaired) electrons. The molecule has 5 heteroatoms. The van der Waals surface area contributed by atoms with Gasteiger partial charge in [-0.25, -0.2) is 4.98 Å². The van der Waals surface area contributed by atoms with Crippen LogP contribution >= 0.6 is 0 Å². The second kappa shape index (κ2) is 11.0. The summed E-state index contributed by atoms with van der Waals surface area (Å²) in [6.45, 7) is 0. The summed E-state index contributed by atoms with van der Waals surface area (Å²) in [4.78, 5) is 12.9. The summed E-state index contributed by atoms with van der Waals surface area (Å²) in [7, 11) is 3.38. The molecule has 43 heavy (non-hydrogen) atoms. The monoisotopic (exact) mass is 561 g/mol. The van der Waals surface area contributed by atoms with E-state index in [9.17, 15) is 0 Å². The van der Waals surface area contributed by atoms with Crippen molar-refractivity contribution >= 4 is 10.9 Å². The number of H-pyrrole nitrogens is 2. The number of ether oxygens (including phenoxy) is 2. The predicted octanol–water partition coefficient (Wildman–Crippen LogP) is 8.62. The van der Waals surface area contributed by atoms with E-state index in [0.29, 0.717) is 0 Å². The largest absolute Gasteiger partial charge is 0.497 e. The third-order valence-electron chi connectivity index (χ3n) is 8.21. The van der Waals surface area contributed by atoms with Gasteiger partial charge in [-0.3, -0.25) is 0 Å². The first kappa shape index (κ1) is 26.4. The summed E-state index contributed by atoms with van der Waals surface area (Å²) in [6.07, 6.45) is 2.12. The van der Waals surface area contributed by atoms with E-state index in [-0.39, 0.29) is 0 Å². The van der Waals surface area contributed by atoms with Crippen LogP contribution in [0.25, 0.3) is 33.4 Å². The maximum Gasteiger partial charge on any atom is 0.127 e. The SMILES string of the molecule is COc1ccc(-c2[nH]c(C(c3ccccc3)(c3ccc(OC)cc3)c3c[nH]c4ccccc34)nc2-c2ccccc2)cc1. The molecule has 0 aliphatic heterocycles. The van der Waals surface area contributed by atoms with Crippen LogP contribution in [-0.4, -0.2) is 29.2 Å². The van der Waals surface area contributed by atoms with Gasteiger partial charge < -0.3 is 19.4 Å². The smallest absolute Gasteiger partial charge is 0.127 e. The van der Waals surface area contributed by atoms with Gasteiger partial charge in [0.15, 0.2) is 0 Å². The van der Waals surface area contributed by atoms with Crippen molar-refractivity contribution in [3.05, 3.63) is 162 Å². The molecule has 1 atom stereocenters. The number of hydrogen-bond donors (Lipinski definition) is 2. The molecular weight excluding hydrogens is 530 g/mol. The highest BCUT2D eigenvalue weighted by Gasteiger charge is 2.43. The number of rotatable bonds is 8. The molecule has 210 valence electrons. The Balaban J connectivity index is 1.60. The maximum atomic E-state index is 5.57. The molecule has 0 saturated heterocycles. The summed E-state index contributed by atoms with van der Waals surface area (Å²) in [5.41, 5.74) is 7.43. The van der Waals surface area contributed by atoms with Crippen LogP contribution < -0.4 is 9.47 Å². The van der Waals surface area contributed by atoms with Crippen molar-refractivity contribution in [3.8, 4) is 34.0 Å². The Morgan fingerprint density at radius 3 is 1.84 bits per heavy atom. The Morgan fingerprint density at radius 1 is 0.581 bits per heavy atom. The number of para-hydroxylation sites is 1. The first-order chi connectivity index (χ1) is 21.2. The van der Waals surface area contributed by atoms with E-state index in [1.165, 1.54) is 0 Å². The molecule has 2 aromatic heterocycles. The fourth-order valence-electron chi connectivity index (χ4n) is 6.11. The number of imidazole rings is 1. The quantitative estimate of drug-likeness (QED) is 0.195. The minimum Gasteiger partial charge on any atom is -0.497 e. The highest BCUT2D eigenvalue weighted by Crippen LogP contribution is 2.48. The zero-order valence-electron chi connectivity index (χ0n) is 24.0. The normalized spacial score (nSPS) is 12.6. The number of aromatic nitrogens is 3. The Morgan fingerprint density at radius 2 is 1.16 bits per heavy atom. The fourth-order valence-corrected chi connectivity index (χ4v) is 6.11. The molecule has 0 bridgehead atoms. The molecule has 0 saturated carbocycles. The van der Waals surface area contributed by atoms with E-state index in [4.69, 9.17) is 14.5 Å². The van der Waals surface area contributed by atoms with Crippen molar-refractivity contribution in [2.24, 2.45) is 0 Å². The second-order valence-electron chi connectivity index (χ2n) is 10.5. The Kier molecular flexibility index (Phi) is 6.76. The molecule has 2 heterocycles. The van der Waals surface area contributed by atoms with Crippen molar-refractivity contribution in [2.75, 3.05) is 14.2 Å². The van der Waals surface area contributed by atoms with Crippen molar-refractivity contribution in [1.82, 2.24) is 15.0 Å². The molecule has 2 N–H and O–H groups in total. The number of hydrogen-bond acceptors (Lipinski definition) is 3. The van der Waals surface area contributed by atoms with Gasteiger partial charge in [-0.1, -0.05) is 91.0 Å². The van der Waals surface area contributed by atoms with Crippen LogP contribution in [0.3, 0.4) is 0 Å². The molecule has 1 unspecified atom stereocenters. The zero-order valence-corrected chi connectivity index (χ0v) is 24.0. The van der Waals surface area contributed by atoms with Crippen molar-refractivity contribution in [3.63, 3.8) is 0 Å². The highest BCUT2D eigenvalue weighted by atomic mass is 16.5. The van der Waals surface area contributed by atoms with Gasteiger partial charge in [0.05, 0.1) is 25.6 Å². The molecule has 7 aromatic rings. The van der Waals surface area contributed by atoms with Crippen molar-refractivity contribution < 1.29 is 9.47 Å². The lowest BCUT2D eigenvalue weighted by molar-refractivity contribution is 0.414. The third kappa shape index (κ3) is 4.46. The van der Waals surface area contributed by atoms with E-state index >= 15 is 0 Å². The highest BCUT2D eigenvalue weighted by molar-refractivity contribution is 5.87. The summed E-state index contributed by atoms with van der Waals surface area (Å²) in [5, 5.41) is 1.13. The summed E-state index contributed by atoms with van der Waals surface area (Å²) < 4.78 is 11.0. The molecular formula is C38H31N3O2. The van der Waals surface area contributed by atoms with Crippen LogP contribution in [0.1, 0.15) is 22.5 Å². The topological polar surface area (TPSA) is 62.9 Å². The third-order valence-corrected chi connectivity index (χ3v) is 8.21. The molecule has 5 nitrogen and oxygen atoms in total. The summed E-state index contributed by atoms with van der Waals surface area (Å²) >= 11 is 0. The molecule has 0 aliphatic rings. The Labute approximate surface area is 250 Å². The van der Waals surface area contributed by atoms with Gasteiger partial charge >= 0.3 is 0 Å². The Bertz CT molecular complexity index is 1980. The van der Waals surface area contributed by atoms with Gasteiger partial charge in [-0.05, 0) is 59.2 Å². The minimum absolute atomic E-state index is 0.790. The first-order valence-corrected chi connectivity index (χ1v) is 14.3. The molecule has 0 spiro atoms. The van der Waals surface area contributed by atoms with E-state index in [0.717, 1.165) is 67.4 Å².